The minimum absolute atomic E-state index is 0.176. The second kappa shape index (κ2) is 3.66. The normalized spacial score (nSPS) is 10.8. The van der Waals surface area contributed by atoms with Crippen LogP contribution in [0.5, 0.6) is 0 Å². The van der Waals surface area contributed by atoms with Gasteiger partial charge in [-0.25, -0.2) is 18.2 Å². The van der Waals surface area contributed by atoms with Crippen LogP contribution in [0.1, 0.15) is 11.5 Å². The van der Waals surface area contributed by atoms with E-state index in [0.717, 1.165) is 0 Å². The van der Waals surface area contributed by atoms with Crippen molar-refractivity contribution in [2.45, 2.75) is 13.8 Å². The first-order valence-electron chi connectivity index (χ1n) is 4.58. The molecule has 0 aliphatic carbocycles. The standard InChI is InChI=1S/C11H8F3NO/c1-5-6(2)16-11(15-5)10-8(13)3-7(12)4-9(10)14/h3-4H,1-2H3. The van der Waals surface area contributed by atoms with Crippen molar-refractivity contribution in [3.8, 4) is 11.5 Å². The second-order valence-corrected chi connectivity index (χ2v) is 3.41. The van der Waals surface area contributed by atoms with Gasteiger partial charge in [-0.1, -0.05) is 0 Å². The molecule has 0 N–H and O–H groups in total. The molecule has 84 valence electrons. The Bertz CT molecular complexity index is 506. The number of benzene rings is 1. The summed E-state index contributed by atoms with van der Waals surface area (Å²) in [6.45, 7) is 3.28. The highest BCUT2D eigenvalue weighted by Gasteiger charge is 2.19. The van der Waals surface area contributed by atoms with Crippen molar-refractivity contribution >= 4 is 0 Å². The molecule has 2 nitrogen and oxygen atoms in total. The van der Waals surface area contributed by atoms with Crippen molar-refractivity contribution in [2.24, 2.45) is 0 Å². The second-order valence-electron chi connectivity index (χ2n) is 3.41. The maximum absolute atomic E-state index is 13.4. The predicted molar refractivity (Wildman–Crippen MR) is 51.3 cm³/mol. The lowest BCUT2D eigenvalue weighted by Crippen LogP contribution is -1.92. The average molecular weight is 227 g/mol. The highest BCUT2D eigenvalue weighted by molar-refractivity contribution is 5.55. The van der Waals surface area contributed by atoms with Gasteiger partial charge in [0.05, 0.1) is 5.69 Å². The van der Waals surface area contributed by atoms with E-state index in [2.05, 4.69) is 4.98 Å². The molecule has 0 aliphatic heterocycles. The topological polar surface area (TPSA) is 26.0 Å². The molecule has 0 atom stereocenters. The molecule has 0 fully saturated rings. The highest BCUT2D eigenvalue weighted by Crippen LogP contribution is 2.27. The van der Waals surface area contributed by atoms with Crippen LogP contribution in [0.4, 0.5) is 13.2 Å². The van der Waals surface area contributed by atoms with E-state index in [1.165, 1.54) is 0 Å². The van der Waals surface area contributed by atoms with E-state index in [1.807, 2.05) is 0 Å². The van der Waals surface area contributed by atoms with Crippen LogP contribution >= 0.6 is 0 Å². The van der Waals surface area contributed by atoms with Crippen molar-refractivity contribution in [3.05, 3.63) is 41.0 Å². The fraction of sp³-hybridized carbons (Fsp3) is 0.182. The maximum atomic E-state index is 13.4. The summed E-state index contributed by atoms with van der Waals surface area (Å²) in [5, 5.41) is 0. The number of hydrogen-bond acceptors (Lipinski definition) is 2. The van der Waals surface area contributed by atoms with Crippen molar-refractivity contribution in [1.82, 2.24) is 4.98 Å². The van der Waals surface area contributed by atoms with Crippen LogP contribution in [0.15, 0.2) is 16.5 Å². The Morgan fingerprint density at radius 1 is 1.06 bits per heavy atom. The monoisotopic (exact) mass is 227 g/mol. The average Bonchev–Trinajstić information content (AvgIpc) is 2.44. The lowest BCUT2D eigenvalue weighted by molar-refractivity contribution is 0.511. The summed E-state index contributed by atoms with van der Waals surface area (Å²) in [4.78, 5) is 3.86. The number of nitrogens with zero attached hydrogens (tertiary/aromatic N) is 1. The van der Waals surface area contributed by atoms with Gasteiger partial charge < -0.3 is 4.42 Å². The first kappa shape index (κ1) is 10.7. The number of halogens is 3. The van der Waals surface area contributed by atoms with Gasteiger partial charge in [-0.15, -0.1) is 0 Å². The number of rotatable bonds is 1. The molecule has 0 spiro atoms. The van der Waals surface area contributed by atoms with Gasteiger partial charge >= 0.3 is 0 Å². The predicted octanol–water partition coefficient (Wildman–Crippen LogP) is 3.38. The fourth-order valence-corrected chi connectivity index (χ4v) is 1.33. The zero-order valence-corrected chi connectivity index (χ0v) is 8.64. The Hall–Kier alpha value is -1.78. The van der Waals surface area contributed by atoms with E-state index in [9.17, 15) is 13.2 Å². The van der Waals surface area contributed by atoms with Gasteiger partial charge in [-0.2, -0.15) is 0 Å². The molecule has 0 bridgehead atoms. The van der Waals surface area contributed by atoms with E-state index in [1.54, 1.807) is 13.8 Å². The van der Waals surface area contributed by atoms with Crippen LogP contribution in [0.25, 0.3) is 11.5 Å². The van der Waals surface area contributed by atoms with E-state index in [0.29, 0.717) is 23.6 Å². The van der Waals surface area contributed by atoms with Crippen LogP contribution in [0.3, 0.4) is 0 Å². The summed E-state index contributed by atoms with van der Waals surface area (Å²) in [7, 11) is 0. The lowest BCUT2D eigenvalue weighted by atomic mass is 10.2. The summed E-state index contributed by atoms with van der Waals surface area (Å²) in [6.07, 6.45) is 0. The first-order chi connectivity index (χ1) is 7.49. The Balaban J connectivity index is 2.64. The molecule has 0 unspecified atom stereocenters. The van der Waals surface area contributed by atoms with Gasteiger partial charge in [0, 0.05) is 12.1 Å². The van der Waals surface area contributed by atoms with Crippen LogP contribution in [-0.4, -0.2) is 4.98 Å². The minimum atomic E-state index is -1.03. The summed E-state index contributed by atoms with van der Waals surface area (Å²) >= 11 is 0. The van der Waals surface area contributed by atoms with Crippen molar-refractivity contribution in [2.75, 3.05) is 0 Å². The van der Waals surface area contributed by atoms with Gasteiger partial charge in [0.25, 0.3) is 0 Å². The van der Waals surface area contributed by atoms with Crippen molar-refractivity contribution in [1.29, 1.82) is 0 Å². The lowest BCUT2D eigenvalue weighted by Gasteiger charge is -2.00. The SMILES string of the molecule is Cc1nc(-c2c(F)cc(F)cc2F)oc1C. The molecule has 1 heterocycles. The molecule has 16 heavy (non-hydrogen) atoms. The van der Waals surface area contributed by atoms with Gasteiger partial charge in [-0.3, -0.25) is 0 Å². The zero-order chi connectivity index (χ0) is 11.9. The number of aromatic nitrogens is 1. The zero-order valence-electron chi connectivity index (χ0n) is 8.64. The molecular formula is C11H8F3NO. The summed E-state index contributed by atoms with van der Waals surface area (Å²) in [6, 6.07) is 1.18. The van der Waals surface area contributed by atoms with E-state index < -0.39 is 23.0 Å². The molecule has 5 heteroatoms. The first-order valence-corrected chi connectivity index (χ1v) is 4.58. The van der Waals surface area contributed by atoms with E-state index >= 15 is 0 Å². The van der Waals surface area contributed by atoms with Crippen LogP contribution < -0.4 is 0 Å². The third-order valence-corrected chi connectivity index (χ3v) is 2.25. The van der Waals surface area contributed by atoms with Crippen LogP contribution in [-0.2, 0) is 0 Å². The summed E-state index contributed by atoms with van der Waals surface area (Å²) in [5.74, 6) is -2.74. The quantitative estimate of drug-likeness (QED) is 0.746. The Morgan fingerprint density at radius 3 is 2.06 bits per heavy atom. The molecule has 1 aromatic carbocycles. The summed E-state index contributed by atoms with van der Waals surface area (Å²) in [5.41, 5.74) is 0.0933. The molecule has 2 rings (SSSR count). The van der Waals surface area contributed by atoms with Gasteiger partial charge in [0.2, 0.25) is 5.89 Å². The Kier molecular flexibility index (Phi) is 2.46. The largest absolute Gasteiger partial charge is 0.441 e. The number of hydrogen-bond donors (Lipinski definition) is 0. The highest BCUT2D eigenvalue weighted by atomic mass is 19.1. The number of aryl methyl sites for hydroxylation is 2. The number of oxazole rings is 1. The molecular weight excluding hydrogens is 219 g/mol. The van der Waals surface area contributed by atoms with Gasteiger partial charge in [-0.05, 0) is 13.8 Å². The molecule has 0 aliphatic rings. The molecule has 0 saturated heterocycles. The molecule has 2 aromatic rings. The Labute approximate surface area is 89.7 Å². The van der Waals surface area contributed by atoms with Gasteiger partial charge in [0.1, 0.15) is 28.8 Å². The molecule has 1 aromatic heterocycles. The van der Waals surface area contributed by atoms with E-state index in [4.69, 9.17) is 4.42 Å². The Morgan fingerprint density at radius 2 is 1.62 bits per heavy atom. The third-order valence-electron chi connectivity index (χ3n) is 2.25. The van der Waals surface area contributed by atoms with Gasteiger partial charge in [0.15, 0.2) is 0 Å². The minimum Gasteiger partial charge on any atom is -0.441 e. The fourth-order valence-electron chi connectivity index (χ4n) is 1.33. The molecule has 0 saturated carbocycles. The smallest absolute Gasteiger partial charge is 0.232 e. The van der Waals surface area contributed by atoms with Crippen LogP contribution in [0.2, 0.25) is 0 Å². The maximum Gasteiger partial charge on any atom is 0.232 e. The van der Waals surface area contributed by atoms with Crippen molar-refractivity contribution < 1.29 is 17.6 Å². The molecule has 0 radical (unpaired) electrons. The van der Waals surface area contributed by atoms with E-state index in [-0.39, 0.29) is 5.89 Å². The third kappa shape index (κ3) is 1.68. The van der Waals surface area contributed by atoms with Crippen LogP contribution in [0, 0.1) is 31.3 Å². The summed E-state index contributed by atoms with van der Waals surface area (Å²) < 4.78 is 44.5. The molecule has 0 amide bonds. The van der Waals surface area contributed by atoms with Crippen molar-refractivity contribution in [3.63, 3.8) is 0 Å².